The molecule has 2 aromatic carbocycles. The van der Waals surface area contributed by atoms with E-state index in [0.29, 0.717) is 18.2 Å². The molecule has 0 aromatic heterocycles. The Hall–Kier alpha value is -1.27. The summed E-state index contributed by atoms with van der Waals surface area (Å²) in [6, 6.07) is 15.6. The summed E-state index contributed by atoms with van der Waals surface area (Å²) >= 11 is 9.57. The van der Waals surface area contributed by atoms with Crippen molar-refractivity contribution in [3.05, 3.63) is 58.0 Å². The van der Waals surface area contributed by atoms with Crippen molar-refractivity contribution in [2.75, 3.05) is 52.5 Å². The van der Waals surface area contributed by atoms with Gasteiger partial charge < -0.3 is 9.47 Å². The van der Waals surface area contributed by atoms with Gasteiger partial charge in [0, 0.05) is 43.7 Å². The van der Waals surface area contributed by atoms with E-state index in [1.807, 2.05) is 48.5 Å². The van der Waals surface area contributed by atoms with E-state index in [2.05, 4.69) is 25.7 Å². The number of para-hydroxylation sites is 1. The molecule has 0 radical (unpaired) electrons. The van der Waals surface area contributed by atoms with Crippen molar-refractivity contribution in [1.29, 1.82) is 0 Å². The van der Waals surface area contributed by atoms with Crippen LogP contribution in [0.25, 0.3) is 0 Å². The molecule has 1 aliphatic heterocycles. The highest BCUT2D eigenvalue weighted by molar-refractivity contribution is 9.10. The lowest BCUT2D eigenvalue weighted by molar-refractivity contribution is 0.105. The Morgan fingerprint density at radius 3 is 2.15 bits per heavy atom. The zero-order valence-corrected chi connectivity index (χ0v) is 17.1. The molecule has 0 spiro atoms. The highest BCUT2D eigenvalue weighted by Gasteiger charge is 2.16. The third kappa shape index (κ3) is 6.16. The van der Waals surface area contributed by atoms with Gasteiger partial charge in [0.2, 0.25) is 0 Å². The van der Waals surface area contributed by atoms with E-state index in [1.54, 1.807) is 0 Å². The lowest BCUT2D eigenvalue weighted by Gasteiger charge is -2.34. The molecule has 1 fully saturated rings. The van der Waals surface area contributed by atoms with Gasteiger partial charge in [0.1, 0.15) is 24.7 Å². The van der Waals surface area contributed by atoms with Crippen LogP contribution in [0.15, 0.2) is 53.0 Å². The van der Waals surface area contributed by atoms with Crippen LogP contribution in [0.2, 0.25) is 5.02 Å². The van der Waals surface area contributed by atoms with Crippen molar-refractivity contribution in [2.45, 2.75) is 0 Å². The Morgan fingerprint density at radius 2 is 1.50 bits per heavy atom. The molecule has 26 heavy (non-hydrogen) atoms. The monoisotopic (exact) mass is 438 g/mol. The first-order valence-corrected chi connectivity index (χ1v) is 10.1. The van der Waals surface area contributed by atoms with Gasteiger partial charge in [0.15, 0.2) is 0 Å². The molecule has 0 saturated carbocycles. The van der Waals surface area contributed by atoms with E-state index in [-0.39, 0.29) is 0 Å². The topological polar surface area (TPSA) is 24.9 Å². The van der Waals surface area contributed by atoms with Gasteiger partial charge in [-0.05, 0) is 30.3 Å². The molecule has 4 nitrogen and oxygen atoms in total. The van der Waals surface area contributed by atoms with Crippen LogP contribution in [0.5, 0.6) is 11.5 Å². The lowest BCUT2D eigenvalue weighted by atomic mass is 10.3. The molecule has 0 aliphatic carbocycles. The van der Waals surface area contributed by atoms with Gasteiger partial charge in [-0.3, -0.25) is 9.80 Å². The molecular weight excluding hydrogens is 416 g/mol. The van der Waals surface area contributed by atoms with Crippen LogP contribution in [0.1, 0.15) is 0 Å². The molecule has 1 saturated heterocycles. The largest absolute Gasteiger partial charge is 0.492 e. The SMILES string of the molecule is Clc1ccccc1OCCN1CCN(CCOc2cccc(Br)c2)CC1. The van der Waals surface area contributed by atoms with Crippen molar-refractivity contribution in [3.8, 4) is 11.5 Å². The predicted molar refractivity (Wildman–Crippen MR) is 109 cm³/mol. The molecule has 1 aliphatic rings. The third-order valence-corrected chi connectivity index (χ3v) is 5.24. The van der Waals surface area contributed by atoms with Crippen molar-refractivity contribution < 1.29 is 9.47 Å². The maximum absolute atomic E-state index is 6.11. The fourth-order valence-electron chi connectivity index (χ4n) is 2.93. The zero-order chi connectivity index (χ0) is 18.2. The van der Waals surface area contributed by atoms with Crippen LogP contribution in [0, 0.1) is 0 Å². The van der Waals surface area contributed by atoms with Gasteiger partial charge >= 0.3 is 0 Å². The maximum atomic E-state index is 6.11. The first-order valence-electron chi connectivity index (χ1n) is 8.91. The van der Waals surface area contributed by atoms with Crippen molar-refractivity contribution in [2.24, 2.45) is 0 Å². The molecule has 0 atom stereocenters. The molecular formula is C20H24BrClN2O2. The minimum Gasteiger partial charge on any atom is -0.492 e. The molecule has 1 heterocycles. The predicted octanol–water partition coefficient (Wildman–Crippen LogP) is 4.18. The molecule has 2 aromatic rings. The summed E-state index contributed by atoms with van der Waals surface area (Å²) in [6.07, 6.45) is 0. The highest BCUT2D eigenvalue weighted by Crippen LogP contribution is 2.23. The fourth-order valence-corrected chi connectivity index (χ4v) is 3.50. The lowest BCUT2D eigenvalue weighted by Crippen LogP contribution is -2.48. The van der Waals surface area contributed by atoms with Gasteiger partial charge in [-0.15, -0.1) is 0 Å². The summed E-state index contributed by atoms with van der Waals surface area (Å²) in [5, 5.41) is 0.669. The molecule has 0 amide bonds. The van der Waals surface area contributed by atoms with Gasteiger partial charge in [-0.25, -0.2) is 0 Å². The summed E-state index contributed by atoms with van der Waals surface area (Å²) in [7, 11) is 0. The molecule has 3 rings (SSSR count). The quantitative estimate of drug-likeness (QED) is 0.616. The maximum Gasteiger partial charge on any atom is 0.137 e. The standard InChI is InChI=1S/C20H24BrClN2O2/c21-17-4-3-5-18(16-17)25-14-12-23-8-10-24(11-9-23)13-15-26-20-7-2-1-6-19(20)22/h1-7,16H,8-15H2. The Bertz CT molecular complexity index is 693. The summed E-state index contributed by atoms with van der Waals surface area (Å²) in [4.78, 5) is 4.88. The van der Waals surface area contributed by atoms with Crippen LogP contribution in [-0.2, 0) is 0 Å². The molecule has 0 N–H and O–H groups in total. The van der Waals surface area contributed by atoms with Crippen LogP contribution in [0.4, 0.5) is 0 Å². The van der Waals surface area contributed by atoms with E-state index in [4.69, 9.17) is 21.1 Å². The molecule has 140 valence electrons. The minimum atomic E-state index is 0.662. The van der Waals surface area contributed by atoms with Crippen LogP contribution < -0.4 is 9.47 Å². The Balaban J connectivity index is 1.30. The number of rotatable bonds is 8. The van der Waals surface area contributed by atoms with E-state index in [1.165, 1.54) is 0 Å². The Labute approximate surface area is 168 Å². The Morgan fingerprint density at radius 1 is 0.846 bits per heavy atom. The van der Waals surface area contributed by atoms with Crippen LogP contribution in [0.3, 0.4) is 0 Å². The van der Waals surface area contributed by atoms with E-state index in [9.17, 15) is 0 Å². The minimum absolute atomic E-state index is 0.662. The number of piperazine rings is 1. The average Bonchev–Trinajstić information content (AvgIpc) is 2.65. The second kappa shape index (κ2) is 10.2. The van der Waals surface area contributed by atoms with Gasteiger partial charge in [0.05, 0.1) is 5.02 Å². The van der Waals surface area contributed by atoms with Crippen molar-refractivity contribution >= 4 is 27.5 Å². The normalized spacial score (nSPS) is 15.8. The number of halogens is 2. The second-order valence-electron chi connectivity index (χ2n) is 6.27. The van der Waals surface area contributed by atoms with E-state index < -0.39 is 0 Å². The average molecular weight is 440 g/mol. The van der Waals surface area contributed by atoms with Gasteiger partial charge in [-0.2, -0.15) is 0 Å². The molecule has 0 bridgehead atoms. The number of hydrogen-bond donors (Lipinski definition) is 0. The van der Waals surface area contributed by atoms with Gasteiger partial charge in [-0.1, -0.05) is 45.7 Å². The summed E-state index contributed by atoms with van der Waals surface area (Å²) in [5.41, 5.74) is 0. The first-order chi connectivity index (χ1) is 12.7. The summed E-state index contributed by atoms with van der Waals surface area (Å²) in [6.45, 7) is 7.50. The van der Waals surface area contributed by atoms with E-state index in [0.717, 1.165) is 55.2 Å². The highest BCUT2D eigenvalue weighted by atomic mass is 79.9. The van der Waals surface area contributed by atoms with E-state index >= 15 is 0 Å². The smallest absolute Gasteiger partial charge is 0.137 e. The second-order valence-corrected chi connectivity index (χ2v) is 7.59. The number of ether oxygens (including phenoxy) is 2. The number of hydrogen-bond acceptors (Lipinski definition) is 4. The summed E-state index contributed by atoms with van der Waals surface area (Å²) < 4.78 is 12.6. The third-order valence-electron chi connectivity index (χ3n) is 4.44. The van der Waals surface area contributed by atoms with Crippen molar-refractivity contribution in [1.82, 2.24) is 9.80 Å². The van der Waals surface area contributed by atoms with Crippen LogP contribution in [-0.4, -0.2) is 62.3 Å². The Kier molecular flexibility index (Phi) is 7.62. The molecule has 0 unspecified atom stereocenters. The zero-order valence-electron chi connectivity index (χ0n) is 14.7. The summed E-state index contributed by atoms with van der Waals surface area (Å²) in [5.74, 6) is 1.67. The van der Waals surface area contributed by atoms with Crippen LogP contribution >= 0.6 is 27.5 Å². The van der Waals surface area contributed by atoms with Gasteiger partial charge in [0.25, 0.3) is 0 Å². The number of nitrogens with zero attached hydrogens (tertiary/aromatic N) is 2. The molecule has 6 heteroatoms. The number of benzene rings is 2. The van der Waals surface area contributed by atoms with Crippen molar-refractivity contribution in [3.63, 3.8) is 0 Å². The first kappa shape index (κ1) is 19.5. The fraction of sp³-hybridized carbons (Fsp3) is 0.400.